The topological polar surface area (TPSA) is 68.5 Å². The van der Waals surface area contributed by atoms with E-state index in [1.807, 2.05) is 0 Å². The van der Waals surface area contributed by atoms with Gasteiger partial charge < -0.3 is 14.5 Å². The van der Waals surface area contributed by atoms with Crippen molar-refractivity contribution in [3.63, 3.8) is 0 Å². The summed E-state index contributed by atoms with van der Waals surface area (Å²) in [5.41, 5.74) is 1.43. The van der Waals surface area contributed by atoms with Crippen molar-refractivity contribution in [2.75, 3.05) is 5.32 Å². The van der Waals surface area contributed by atoms with Crippen LogP contribution in [0.3, 0.4) is 0 Å². The molecule has 2 aromatic carbocycles. The first-order valence-electron chi connectivity index (χ1n) is 8.00. The zero-order valence-electron chi connectivity index (χ0n) is 14.2. The maximum absolute atomic E-state index is 12.4. The smallest absolute Gasteiger partial charge is 0.387 e. The second-order valence-electron chi connectivity index (χ2n) is 5.70. The minimum atomic E-state index is -2.95. The summed E-state index contributed by atoms with van der Waals surface area (Å²) < 4.78 is 34.4. The molecular formula is C20H15F2NO4. The molecule has 138 valence electrons. The molecule has 27 heavy (non-hydrogen) atoms. The molecule has 0 atom stereocenters. The highest BCUT2D eigenvalue weighted by molar-refractivity contribution is 6.03. The lowest BCUT2D eigenvalue weighted by molar-refractivity contribution is -0.111. The van der Waals surface area contributed by atoms with E-state index in [2.05, 4.69) is 10.1 Å². The Hall–Kier alpha value is -3.48. The van der Waals surface area contributed by atoms with Crippen molar-refractivity contribution in [3.8, 4) is 5.75 Å². The highest BCUT2D eigenvalue weighted by Gasteiger charge is 2.08. The number of anilines is 1. The number of para-hydroxylation sites is 1. The molecule has 0 saturated carbocycles. The summed E-state index contributed by atoms with van der Waals surface area (Å²) in [5, 5.41) is 3.39. The predicted octanol–water partition coefficient (Wildman–Crippen LogP) is 4.35. The number of hydrogen-bond acceptors (Lipinski definition) is 4. The zero-order valence-corrected chi connectivity index (χ0v) is 14.2. The molecule has 0 unspecified atom stereocenters. The molecule has 1 heterocycles. The van der Waals surface area contributed by atoms with Gasteiger partial charge in [-0.2, -0.15) is 8.78 Å². The van der Waals surface area contributed by atoms with Gasteiger partial charge in [-0.1, -0.05) is 18.2 Å². The van der Waals surface area contributed by atoms with Crippen molar-refractivity contribution in [2.24, 2.45) is 0 Å². The van der Waals surface area contributed by atoms with E-state index in [-0.39, 0.29) is 5.75 Å². The van der Waals surface area contributed by atoms with Crippen LogP contribution in [-0.4, -0.2) is 12.5 Å². The molecule has 3 rings (SSSR count). The fraction of sp³-hybridized carbons (Fsp3) is 0.100. The second kappa shape index (κ2) is 7.82. The Labute approximate surface area is 152 Å². The summed E-state index contributed by atoms with van der Waals surface area (Å²) in [6.45, 7) is -1.16. The van der Waals surface area contributed by atoms with Gasteiger partial charge in [0.05, 0.1) is 0 Å². The van der Waals surface area contributed by atoms with Crippen molar-refractivity contribution >= 4 is 28.6 Å². The SMILES string of the molecule is Cc1cc(=O)oc2cc(NC(=O)/C=C/c3ccccc3OC(F)F)ccc12. The Kier molecular flexibility index (Phi) is 5.30. The summed E-state index contributed by atoms with van der Waals surface area (Å²) in [7, 11) is 0. The Morgan fingerprint density at radius 1 is 1.19 bits per heavy atom. The lowest BCUT2D eigenvalue weighted by Gasteiger charge is -2.07. The van der Waals surface area contributed by atoms with Crippen LogP contribution in [0.15, 0.2) is 63.8 Å². The Balaban J connectivity index is 1.77. The molecule has 0 spiro atoms. The van der Waals surface area contributed by atoms with Crippen LogP contribution in [0.5, 0.6) is 5.75 Å². The lowest BCUT2D eigenvalue weighted by Crippen LogP contribution is -2.08. The van der Waals surface area contributed by atoms with Crippen LogP contribution >= 0.6 is 0 Å². The number of benzene rings is 2. The third-order valence-electron chi connectivity index (χ3n) is 3.77. The highest BCUT2D eigenvalue weighted by Crippen LogP contribution is 2.22. The standard InChI is InChI=1S/C20H15F2NO4/c1-12-10-19(25)26-17-11-14(7-8-15(12)17)23-18(24)9-6-13-4-2-3-5-16(13)27-20(21)22/h2-11,20H,1H3,(H,23,24)/b9-6+. The molecule has 1 aromatic heterocycles. The normalized spacial score (nSPS) is 11.3. The number of amides is 1. The first-order valence-corrected chi connectivity index (χ1v) is 8.00. The van der Waals surface area contributed by atoms with Crippen molar-refractivity contribution in [1.82, 2.24) is 0 Å². The van der Waals surface area contributed by atoms with Gasteiger partial charge in [0.1, 0.15) is 11.3 Å². The summed E-state index contributed by atoms with van der Waals surface area (Å²) in [5.74, 6) is -0.504. The van der Waals surface area contributed by atoms with Crippen LogP contribution in [0, 0.1) is 6.92 Å². The van der Waals surface area contributed by atoms with E-state index in [9.17, 15) is 18.4 Å². The monoisotopic (exact) mass is 371 g/mol. The van der Waals surface area contributed by atoms with Gasteiger partial charge in [-0.15, -0.1) is 0 Å². The van der Waals surface area contributed by atoms with Crippen LogP contribution in [0.1, 0.15) is 11.1 Å². The van der Waals surface area contributed by atoms with Gasteiger partial charge in [-0.3, -0.25) is 4.79 Å². The van der Waals surface area contributed by atoms with E-state index in [1.54, 1.807) is 43.3 Å². The van der Waals surface area contributed by atoms with Crippen LogP contribution in [0.25, 0.3) is 17.0 Å². The molecule has 3 aromatic rings. The number of hydrogen-bond donors (Lipinski definition) is 1. The van der Waals surface area contributed by atoms with E-state index in [1.165, 1.54) is 24.3 Å². The van der Waals surface area contributed by atoms with Gasteiger partial charge in [0.15, 0.2) is 0 Å². The molecule has 0 radical (unpaired) electrons. The van der Waals surface area contributed by atoms with E-state index < -0.39 is 18.1 Å². The maximum atomic E-state index is 12.4. The van der Waals surface area contributed by atoms with Gasteiger partial charge in [0.25, 0.3) is 0 Å². The zero-order chi connectivity index (χ0) is 19.4. The Morgan fingerprint density at radius 3 is 2.74 bits per heavy atom. The van der Waals surface area contributed by atoms with Gasteiger partial charge in [0, 0.05) is 34.8 Å². The van der Waals surface area contributed by atoms with Gasteiger partial charge >= 0.3 is 12.2 Å². The number of carbonyl (C=O) groups is 1. The third kappa shape index (κ3) is 4.58. The summed E-state index contributed by atoms with van der Waals surface area (Å²) in [6, 6.07) is 12.5. The maximum Gasteiger partial charge on any atom is 0.387 e. The van der Waals surface area contributed by atoms with Gasteiger partial charge in [0.2, 0.25) is 5.91 Å². The molecular weight excluding hydrogens is 356 g/mol. The first-order chi connectivity index (χ1) is 12.9. The predicted molar refractivity (Wildman–Crippen MR) is 98.0 cm³/mol. The number of ether oxygens (including phenoxy) is 1. The first kappa shape index (κ1) is 18.3. The minimum Gasteiger partial charge on any atom is -0.434 e. The lowest BCUT2D eigenvalue weighted by atomic mass is 10.1. The Bertz CT molecular complexity index is 1070. The molecule has 1 N–H and O–H groups in total. The second-order valence-corrected chi connectivity index (χ2v) is 5.70. The van der Waals surface area contributed by atoms with E-state index in [0.29, 0.717) is 16.8 Å². The average Bonchev–Trinajstić information content (AvgIpc) is 2.60. The molecule has 0 saturated heterocycles. The number of alkyl halides is 2. The van der Waals surface area contributed by atoms with Crippen LogP contribution in [0.4, 0.5) is 14.5 Å². The summed E-state index contributed by atoms with van der Waals surface area (Å²) in [6.07, 6.45) is 2.57. The third-order valence-corrected chi connectivity index (χ3v) is 3.77. The number of halogens is 2. The molecule has 0 bridgehead atoms. The summed E-state index contributed by atoms with van der Waals surface area (Å²) in [4.78, 5) is 23.6. The number of nitrogens with one attached hydrogen (secondary N) is 1. The number of fused-ring (bicyclic) bond motifs is 1. The molecule has 1 amide bonds. The van der Waals surface area contributed by atoms with Crippen molar-refractivity contribution < 1.29 is 22.7 Å². The summed E-state index contributed by atoms with van der Waals surface area (Å²) >= 11 is 0. The molecule has 7 heteroatoms. The van der Waals surface area contributed by atoms with Gasteiger partial charge in [-0.05, 0) is 36.8 Å². The van der Waals surface area contributed by atoms with Crippen molar-refractivity contribution in [1.29, 1.82) is 0 Å². The number of rotatable bonds is 5. The van der Waals surface area contributed by atoms with Crippen LogP contribution in [-0.2, 0) is 4.79 Å². The Morgan fingerprint density at radius 2 is 1.96 bits per heavy atom. The van der Waals surface area contributed by atoms with Gasteiger partial charge in [-0.25, -0.2) is 4.79 Å². The average molecular weight is 371 g/mol. The quantitative estimate of drug-likeness (QED) is 0.535. The van der Waals surface area contributed by atoms with Crippen molar-refractivity contribution in [2.45, 2.75) is 13.5 Å². The molecule has 0 aliphatic heterocycles. The van der Waals surface area contributed by atoms with E-state index >= 15 is 0 Å². The van der Waals surface area contributed by atoms with Crippen LogP contribution in [0.2, 0.25) is 0 Å². The molecule has 0 aliphatic carbocycles. The molecule has 5 nitrogen and oxygen atoms in total. The highest BCUT2D eigenvalue weighted by atomic mass is 19.3. The van der Waals surface area contributed by atoms with E-state index in [4.69, 9.17) is 4.42 Å². The largest absolute Gasteiger partial charge is 0.434 e. The van der Waals surface area contributed by atoms with E-state index in [0.717, 1.165) is 10.9 Å². The number of aryl methyl sites for hydroxylation is 1. The van der Waals surface area contributed by atoms with Crippen molar-refractivity contribution in [3.05, 3.63) is 76.2 Å². The molecule has 0 fully saturated rings. The number of carbonyl (C=O) groups excluding carboxylic acids is 1. The molecule has 0 aliphatic rings. The fourth-order valence-electron chi connectivity index (χ4n) is 2.57. The fourth-order valence-corrected chi connectivity index (χ4v) is 2.57. The van der Waals surface area contributed by atoms with Crippen LogP contribution < -0.4 is 15.7 Å². The minimum absolute atomic E-state index is 0.0282.